The first-order valence-corrected chi connectivity index (χ1v) is 7.19. The van der Waals surface area contributed by atoms with E-state index >= 15 is 0 Å². The van der Waals surface area contributed by atoms with Gasteiger partial charge < -0.3 is 15.0 Å². The number of carbonyl (C=O) groups is 2. The number of hydrogen-bond donors (Lipinski definition) is 1. The van der Waals surface area contributed by atoms with Crippen LogP contribution in [0.25, 0.3) is 0 Å². The fraction of sp³-hybridized carbons (Fsp3) is 0.467. The van der Waals surface area contributed by atoms with E-state index in [9.17, 15) is 18.4 Å². The van der Waals surface area contributed by atoms with Gasteiger partial charge in [-0.25, -0.2) is 13.6 Å². The third-order valence-electron chi connectivity index (χ3n) is 3.57. The monoisotopic (exact) mass is 312 g/mol. The highest BCUT2D eigenvalue weighted by Gasteiger charge is 2.28. The molecule has 1 aliphatic rings. The zero-order valence-electron chi connectivity index (χ0n) is 12.3. The van der Waals surface area contributed by atoms with Crippen LogP contribution in [0.1, 0.15) is 19.8 Å². The molecule has 120 valence electrons. The van der Waals surface area contributed by atoms with Gasteiger partial charge in [0.25, 0.3) is 0 Å². The van der Waals surface area contributed by atoms with Gasteiger partial charge in [0.1, 0.15) is 11.6 Å². The first kappa shape index (κ1) is 16.2. The van der Waals surface area contributed by atoms with Crippen LogP contribution in [-0.4, -0.2) is 36.6 Å². The van der Waals surface area contributed by atoms with Crippen molar-refractivity contribution in [1.29, 1.82) is 0 Å². The quantitative estimate of drug-likeness (QED) is 0.873. The maximum absolute atomic E-state index is 13.5. The summed E-state index contributed by atoms with van der Waals surface area (Å²) < 4.78 is 31.5. The van der Waals surface area contributed by atoms with Crippen LogP contribution in [0.4, 0.5) is 19.3 Å². The fourth-order valence-electron chi connectivity index (χ4n) is 2.37. The van der Waals surface area contributed by atoms with Crippen molar-refractivity contribution in [3.63, 3.8) is 0 Å². The molecule has 22 heavy (non-hydrogen) atoms. The van der Waals surface area contributed by atoms with Gasteiger partial charge in [-0.15, -0.1) is 0 Å². The lowest BCUT2D eigenvalue weighted by atomic mass is 9.97. The van der Waals surface area contributed by atoms with Crippen LogP contribution in [0.5, 0.6) is 0 Å². The second kappa shape index (κ2) is 7.20. The molecule has 0 radical (unpaired) electrons. The van der Waals surface area contributed by atoms with Crippen molar-refractivity contribution in [2.45, 2.75) is 19.8 Å². The topological polar surface area (TPSA) is 58.6 Å². The molecule has 0 spiro atoms. The maximum atomic E-state index is 13.5. The SMILES string of the molecule is CCOC(=O)C1CCN(C(=O)Nc2cc(F)ccc2F)CC1. The van der Waals surface area contributed by atoms with Gasteiger partial charge in [0, 0.05) is 19.2 Å². The molecule has 0 unspecified atom stereocenters. The number of likely N-dealkylation sites (tertiary alicyclic amines) is 1. The van der Waals surface area contributed by atoms with Crippen molar-refractivity contribution in [2.24, 2.45) is 5.92 Å². The van der Waals surface area contributed by atoms with E-state index in [0.29, 0.717) is 32.5 Å². The molecule has 0 aliphatic carbocycles. The molecule has 1 saturated heterocycles. The van der Waals surface area contributed by atoms with E-state index in [0.717, 1.165) is 18.2 Å². The summed E-state index contributed by atoms with van der Waals surface area (Å²) in [6, 6.07) is 2.36. The fourth-order valence-corrected chi connectivity index (χ4v) is 2.37. The Morgan fingerprint density at radius 3 is 2.64 bits per heavy atom. The summed E-state index contributed by atoms with van der Waals surface area (Å²) in [5, 5.41) is 2.35. The number of nitrogens with zero attached hydrogens (tertiary/aromatic N) is 1. The molecular weight excluding hydrogens is 294 g/mol. The molecule has 2 rings (SSSR count). The summed E-state index contributed by atoms with van der Waals surface area (Å²) in [4.78, 5) is 25.1. The Morgan fingerprint density at radius 2 is 2.00 bits per heavy atom. The van der Waals surface area contributed by atoms with Gasteiger partial charge in [-0.3, -0.25) is 4.79 Å². The average Bonchev–Trinajstić information content (AvgIpc) is 2.51. The third-order valence-corrected chi connectivity index (χ3v) is 3.57. The molecule has 0 saturated carbocycles. The predicted octanol–water partition coefficient (Wildman–Crippen LogP) is 2.77. The normalized spacial score (nSPS) is 15.5. The number of benzene rings is 1. The minimum atomic E-state index is -0.698. The number of esters is 1. The third kappa shape index (κ3) is 3.93. The van der Waals surface area contributed by atoms with Crippen molar-refractivity contribution in [3.05, 3.63) is 29.8 Å². The highest BCUT2D eigenvalue weighted by atomic mass is 19.1. The van der Waals surface area contributed by atoms with Crippen molar-refractivity contribution >= 4 is 17.7 Å². The van der Waals surface area contributed by atoms with Gasteiger partial charge in [-0.2, -0.15) is 0 Å². The van der Waals surface area contributed by atoms with Crippen LogP contribution in [0.3, 0.4) is 0 Å². The number of halogens is 2. The molecule has 7 heteroatoms. The highest BCUT2D eigenvalue weighted by Crippen LogP contribution is 2.21. The van der Waals surface area contributed by atoms with E-state index < -0.39 is 17.7 Å². The van der Waals surface area contributed by atoms with Crippen molar-refractivity contribution < 1.29 is 23.1 Å². The number of rotatable bonds is 3. The van der Waals surface area contributed by atoms with Crippen molar-refractivity contribution in [3.8, 4) is 0 Å². The van der Waals surface area contributed by atoms with Gasteiger partial charge in [-0.1, -0.05) is 0 Å². The second-order valence-electron chi connectivity index (χ2n) is 5.07. The molecule has 5 nitrogen and oxygen atoms in total. The number of carbonyl (C=O) groups excluding carboxylic acids is 2. The van der Waals surface area contributed by atoms with Crippen LogP contribution < -0.4 is 5.32 Å². The molecule has 1 fully saturated rings. The van der Waals surface area contributed by atoms with E-state index in [4.69, 9.17) is 4.74 Å². The molecule has 1 aromatic rings. The summed E-state index contributed by atoms with van der Waals surface area (Å²) in [5.74, 6) is -1.79. The van der Waals surface area contributed by atoms with Crippen LogP contribution in [0, 0.1) is 17.6 Å². The van der Waals surface area contributed by atoms with Crippen LogP contribution in [0.2, 0.25) is 0 Å². The summed E-state index contributed by atoms with van der Waals surface area (Å²) in [5.41, 5.74) is -0.197. The molecule has 0 atom stereocenters. The lowest BCUT2D eigenvalue weighted by Gasteiger charge is -2.30. The largest absolute Gasteiger partial charge is 0.466 e. The lowest BCUT2D eigenvalue weighted by Crippen LogP contribution is -2.42. The van der Waals surface area contributed by atoms with Crippen molar-refractivity contribution in [2.75, 3.05) is 25.0 Å². The summed E-state index contributed by atoms with van der Waals surface area (Å²) in [6.07, 6.45) is 0.996. The first-order valence-electron chi connectivity index (χ1n) is 7.19. The van der Waals surface area contributed by atoms with Crippen molar-refractivity contribution in [1.82, 2.24) is 4.90 Å². The second-order valence-corrected chi connectivity index (χ2v) is 5.07. The average molecular weight is 312 g/mol. The Morgan fingerprint density at radius 1 is 1.32 bits per heavy atom. The Labute approximate surface area is 127 Å². The Bertz CT molecular complexity index is 558. The van der Waals surface area contributed by atoms with Gasteiger partial charge >= 0.3 is 12.0 Å². The number of urea groups is 1. The summed E-state index contributed by atoms with van der Waals surface area (Å²) >= 11 is 0. The molecule has 1 aromatic carbocycles. The molecular formula is C15H18F2N2O3. The molecule has 1 N–H and O–H groups in total. The van der Waals surface area contributed by atoms with Gasteiger partial charge in [-0.05, 0) is 31.9 Å². The number of nitrogens with one attached hydrogen (secondary N) is 1. The molecule has 0 aromatic heterocycles. The number of anilines is 1. The Kier molecular flexibility index (Phi) is 5.30. The Hall–Kier alpha value is -2.18. The molecule has 2 amide bonds. The molecule has 1 heterocycles. The van der Waals surface area contributed by atoms with Crippen LogP contribution >= 0.6 is 0 Å². The van der Waals surface area contributed by atoms with Gasteiger partial charge in [0.05, 0.1) is 18.2 Å². The minimum absolute atomic E-state index is 0.197. The zero-order valence-corrected chi connectivity index (χ0v) is 12.3. The molecule has 1 aliphatic heterocycles. The number of ether oxygens (including phenoxy) is 1. The van der Waals surface area contributed by atoms with E-state index in [-0.39, 0.29) is 17.6 Å². The van der Waals surface area contributed by atoms with Gasteiger partial charge in [0.15, 0.2) is 0 Å². The number of piperidine rings is 1. The lowest BCUT2D eigenvalue weighted by molar-refractivity contribution is -0.149. The van der Waals surface area contributed by atoms with E-state index in [1.165, 1.54) is 4.90 Å². The summed E-state index contributed by atoms with van der Waals surface area (Å²) in [6.45, 7) is 2.81. The smallest absolute Gasteiger partial charge is 0.321 e. The van der Waals surface area contributed by atoms with E-state index in [1.807, 2.05) is 0 Å². The van der Waals surface area contributed by atoms with E-state index in [1.54, 1.807) is 6.92 Å². The standard InChI is InChI=1S/C15H18F2N2O3/c1-2-22-14(20)10-5-7-19(8-6-10)15(21)18-13-9-11(16)3-4-12(13)17/h3-4,9-10H,2,5-8H2,1H3,(H,18,21). The molecule has 0 bridgehead atoms. The zero-order chi connectivity index (χ0) is 16.1. The van der Waals surface area contributed by atoms with Crippen LogP contribution in [-0.2, 0) is 9.53 Å². The highest BCUT2D eigenvalue weighted by molar-refractivity contribution is 5.89. The minimum Gasteiger partial charge on any atom is -0.466 e. The van der Waals surface area contributed by atoms with Gasteiger partial charge in [0.2, 0.25) is 0 Å². The first-order chi connectivity index (χ1) is 10.5. The summed E-state index contributed by atoms with van der Waals surface area (Å²) in [7, 11) is 0. The Balaban J connectivity index is 1.90. The predicted molar refractivity (Wildman–Crippen MR) is 76.3 cm³/mol. The number of hydrogen-bond acceptors (Lipinski definition) is 3. The van der Waals surface area contributed by atoms with Crippen LogP contribution in [0.15, 0.2) is 18.2 Å². The maximum Gasteiger partial charge on any atom is 0.321 e. The van der Waals surface area contributed by atoms with E-state index in [2.05, 4.69) is 5.32 Å². The number of amides is 2.